The highest BCUT2D eigenvalue weighted by atomic mass is 32.2. The third-order valence-electron chi connectivity index (χ3n) is 2.56. The van der Waals surface area contributed by atoms with Crippen LogP contribution >= 0.6 is 11.3 Å². The lowest BCUT2D eigenvalue weighted by molar-refractivity contribution is 0.597. The number of aromatic amines is 1. The van der Waals surface area contributed by atoms with E-state index in [9.17, 15) is 8.42 Å². The summed E-state index contributed by atoms with van der Waals surface area (Å²) in [5.74, 6) is 0. The molecule has 102 valence electrons. The van der Waals surface area contributed by atoms with E-state index in [2.05, 4.69) is 19.9 Å². The van der Waals surface area contributed by atoms with E-state index < -0.39 is 10.0 Å². The number of benzene rings is 1. The van der Waals surface area contributed by atoms with Crippen molar-refractivity contribution in [2.24, 2.45) is 0 Å². The van der Waals surface area contributed by atoms with Gasteiger partial charge < -0.3 is 0 Å². The van der Waals surface area contributed by atoms with Crippen LogP contribution in [0.1, 0.15) is 0 Å². The Morgan fingerprint density at radius 1 is 1.20 bits per heavy atom. The molecule has 3 aromatic rings. The van der Waals surface area contributed by atoms with Gasteiger partial charge in [0.15, 0.2) is 5.03 Å². The Morgan fingerprint density at radius 2 is 2.10 bits per heavy atom. The van der Waals surface area contributed by atoms with Crippen LogP contribution in [0.5, 0.6) is 0 Å². The number of nitrogens with zero attached hydrogens (tertiary/aromatic N) is 2. The summed E-state index contributed by atoms with van der Waals surface area (Å²) in [5, 5.41) is 8.80. The van der Waals surface area contributed by atoms with E-state index in [0.29, 0.717) is 5.69 Å². The van der Waals surface area contributed by atoms with Crippen LogP contribution in [0.3, 0.4) is 0 Å². The van der Waals surface area contributed by atoms with E-state index in [4.69, 9.17) is 0 Å². The average molecular weight is 306 g/mol. The Kier molecular flexibility index (Phi) is 3.25. The Balaban J connectivity index is 1.91. The third kappa shape index (κ3) is 2.56. The number of thiazole rings is 1. The Labute approximate surface area is 119 Å². The molecule has 3 rings (SSSR count). The van der Waals surface area contributed by atoms with Crippen molar-refractivity contribution in [1.82, 2.24) is 15.2 Å². The zero-order valence-corrected chi connectivity index (χ0v) is 11.8. The van der Waals surface area contributed by atoms with Crippen LogP contribution < -0.4 is 4.72 Å². The molecule has 6 nitrogen and oxygen atoms in total. The smallest absolute Gasteiger partial charge is 0.278 e. The molecule has 2 aromatic heterocycles. The van der Waals surface area contributed by atoms with Crippen LogP contribution in [0.2, 0.25) is 0 Å². The molecule has 0 spiro atoms. The Morgan fingerprint density at radius 3 is 2.80 bits per heavy atom. The topological polar surface area (TPSA) is 87.7 Å². The zero-order chi connectivity index (χ0) is 14.0. The molecule has 0 saturated carbocycles. The van der Waals surface area contributed by atoms with Gasteiger partial charge >= 0.3 is 0 Å². The van der Waals surface area contributed by atoms with Gasteiger partial charge in [0.2, 0.25) is 0 Å². The maximum absolute atomic E-state index is 12.1. The second-order valence-electron chi connectivity index (χ2n) is 3.94. The maximum atomic E-state index is 12.1. The monoisotopic (exact) mass is 306 g/mol. The maximum Gasteiger partial charge on any atom is 0.278 e. The lowest BCUT2D eigenvalue weighted by atomic mass is 10.2. The minimum Gasteiger partial charge on any atom is -0.278 e. The molecule has 0 fully saturated rings. The average Bonchev–Trinajstić information content (AvgIpc) is 3.12. The molecule has 0 radical (unpaired) electrons. The van der Waals surface area contributed by atoms with Gasteiger partial charge in [-0.1, -0.05) is 12.1 Å². The molecule has 0 aliphatic rings. The highest BCUT2D eigenvalue weighted by molar-refractivity contribution is 7.92. The van der Waals surface area contributed by atoms with Crippen molar-refractivity contribution in [1.29, 1.82) is 0 Å². The van der Waals surface area contributed by atoms with Crippen molar-refractivity contribution in [2.45, 2.75) is 5.03 Å². The summed E-state index contributed by atoms with van der Waals surface area (Å²) in [4.78, 5) is 4.20. The normalized spacial score (nSPS) is 11.4. The molecule has 0 bridgehead atoms. The van der Waals surface area contributed by atoms with Gasteiger partial charge in [-0.25, -0.2) is 4.98 Å². The van der Waals surface area contributed by atoms with Crippen LogP contribution in [0.4, 0.5) is 5.69 Å². The summed E-state index contributed by atoms with van der Waals surface area (Å²) < 4.78 is 26.6. The lowest BCUT2D eigenvalue weighted by Gasteiger charge is -2.07. The summed E-state index contributed by atoms with van der Waals surface area (Å²) in [7, 11) is -3.64. The van der Waals surface area contributed by atoms with Crippen molar-refractivity contribution in [2.75, 3.05) is 4.72 Å². The van der Waals surface area contributed by atoms with Gasteiger partial charge in [-0.3, -0.25) is 9.82 Å². The first kappa shape index (κ1) is 12.8. The van der Waals surface area contributed by atoms with E-state index in [0.717, 1.165) is 10.6 Å². The van der Waals surface area contributed by atoms with Crippen LogP contribution in [0, 0.1) is 0 Å². The number of H-pyrrole nitrogens is 1. The molecule has 2 heterocycles. The second kappa shape index (κ2) is 5.06. The van der Waals surface area contributed by atoms with Crippen molar-refractivity contribution in [3.8, 4) is 10.6 Å². The summed E-state index contributed by atoms with van der Waals surface area (Å²) in [6.07, 6.45) is 3.10. The van der Waals surface area contributed by atoms with E-state index >= 15 is 0 Å². The quantitative estimate of drug-likeness (QED) is 0.774. The Hall–Kier alpha value is -2.19. The van der Waals surface area contributed by atoms with E-state index in [1.807, 2.05) is 11.4 Å². The first-order chi connectivity index (χ1) is 9.65. The van der Waals surface area contributed by atoms with Gasteiger partial charge in [0.25, 0.3) is 10.0 Å². The van der Waals surface area contributed by atoms with Crippen molar-refractivity contribution < 1.29 is 8.42 Å². The van der Waals surface area contributed by atoms with E-state index in [1.165, 1.54) is 23.6 Å². The Bertz CT molecular complexity index is 796. The van der Waals surface area contributed by atoms with Gasteiger partial charge in [0.05, 0.1) is 6.20 Å². The summed E-state index contributed by atoms with van der Waals surface area (Å²) in [6, 6.07) is 8.49. The minimum atomic E-state index is -3.64. The molecule has 1 aromatic carbocycles. The van der Waals surface area contributed by atoms with Gasteiger partial charge in [0, 0.05) is 22.8 Å². The number of sulfonamides is 1. The van der Waals surface area contributed by atoms with Crippen LogP contribution in [0.15, 0.2) is 53.1 Å². The number of rotatable bonds is 4. The molecule has 2 N–H and O–H groups in total. The predicted octanol–water partition coefficient (Wildman–Crippen LogP) is 2.33. The highest BCUT2D eigenvalue weighted by Gasteiger charge is 2.15. The molecule has 0 atom stereocenters. The largest absolute Gasteiger partial charge is 0.278 e. The molecule has 0 amide bonds. The third-order valence-corrected chi connectivity index (χ3v) is 4.69. The molecular formula is C12H10N4O2S2. The molecule has 20 heavy (non-hydrogen) atoms. The molecule has 0 aliphatic carbocycles. The number of hydrogen-bond donors (Lipinski definition) is 2. The summed E-state index contributed by atoms with van der Waals surface area (Å²) in [5.41, 5.74) is 1.34. The fraction of sp³-hybridized carbons (Fsp3) is 0. The van der Waals surface area contributed by atoms with Crippen LogP contribution in [0.25, 0.3) is 10.6 Å². The summed E-state index contributed by atoms with van der Waals surface area (Å²) in [6.45, 7) is 0. The predicted molar refractivity (Wildman–Crippen MR) is 76.9 cm³/mol. The van der Waals surface area contributed by atoms with E-state index in [-0.39, 0.29) is 5.03 Å². The molecular weight excluding hydrogens is 296 g/mol. The standard InChI is InChI=1S/C12H10N4O2S2/c17-20(18,11-4-5-14-15-11)16-10-3-1-2-9(8-10)12-13-6-7-19-12/h1-8,16H,(H,14,15). The van der Waals surface area contributed by atoms with Crippen molar-refractivity contribution in [3.63, 3.8) is 0 Å². The minimum absolute atomic E-state index is 0.0251. The summed E-state index contributed by atoms with van der Waals surface area (Å²) >= 11 is 1.50. The fourth-order valence-electron chi connectivity index (χ4n) is 1.68. The van der Waals surface area contributed by atoms with Crippen molar-refractivity contribution >= 4 is 27.0 Å². The van der Waals surface area contributed by atoms with Crippen LogP contribution in [-0.2, 0) is 10.0 Å². The SMILES string of the molecule is O=S(=O)(Nc1cccc(-c2nccs2)c1)c1ccn[nH]1. The molecule has 8 heteroatoms. The lowest BCUT2D eigenvalue weighted by Crippen LogP contribution is -2.13. The second-order valence-corrected chi connectivity index (χ2v) is 6.49. The van der Waals surface area contributed by atoms with Crippen LogP contribution in [-0.4, -0.2) is 23.6 Å². The number of hydrogen-bond acceptors (Lipinski definition) is 5. The van der Waals surface area contributed by atoms with Gasteiger partial charge in [-0.05, 0) is 18.2 Å². The van der Waals surface area contributed by atoms with Gasteiger partial charge in [-0.2, -0.15) is 13.5 Å². The molecule has 0 unspecified atom stereocenters. The molecule has 0 aliphatic heterocycles. The van der Waals surface area contributed by atoms with Crippen molar-refractivity contribution in [3.05, 3.63) is 48.1 Å². The zero-order valence-electron chi connectivity index (χ0n) is 10.1. The van der Waals surface area contributed by atoms with Gasteiger partial charge in [-0.15, -0.1) is 11.3 Å². The number of anilines is 1. The number of nitrogens with one attached hydrogen (secondary N) is 2. The molecule has 0 saturated heterocycles. The highest BCUT2D eigenvalue weighted by Crippen LogP contribution is 2.25. The first-order valence-electron chi connectivity index (χ1n) is 5.67. The van der Waals surface area contributed by atoms with Gasteiger partial charge in [0.1, 0.15) is 5.01 Å². The fourth-order valence-corrected chi connectivity index (χ4v) is 3.28. The van der Waals surface area contributed by atoms with E-state index in [1.54, 1.807) is 24.4 Å². The number of aromatic nitrogens is 3. The first-order valence-corrected chi connectivity index (χ1v) is 8.03.